The van der Waals surface area contributed by atoms with Crippen molar-refractivity contribution in [2.45, 2.75) is 13.0 Å². The standard InChI is InChI=1S/C18H18N2O2/c1-13(14-6-5-8-17(11-14)22-2)19-18(21)15-10-16-7-3-4-9-20(16)12-15/h3-13H,1-2H3,(H,19,21). The Bertz CT molecular complexity index is 774. The van der Waals surface area contributed by atoms with Crippen LogP contribution in [0.1, 0.15) is 28.9 Å². The summed E-state index contributed by atoms with van der Waals surface area (Å²) in [6.45, 7) is 1.96. The van der Waals surface area contributed by atoms with Crippen LogP contribution in [0.25, 0.3) is 5.52 Å². The van der Waals surface area contributed by atoms with Crippen molar-refractivity contribution in [1.29, 1.82) is 0 Å². The highest BCUT2D eigenvalue weighted by Gasteiger charge is 2.13. The molecule has 4 nitrogen and oxygen atoms in total. The fraction of sp³-hybridized carbons (Fsp3) is 0.167. The van der Waals surface area contributed by atoms with E-state index in [1.54, 1.807) is 7.11 Å². The van der Waals surface area contributed by atoms with Crippen LogP contribution in [0.3, 0.4) is 0 Å². The highest BCUT2D eigenvalue weighted by Crippen LogP contribution is 2.19. The predicted molar refractivity (Wildman–Crippen MR) is 86.3 cm³/mol. The van der Waals surface area contributed by atoms with Crippen LogP contribution in [0, 0.1) is 0 Å². The Labute approximate surface area is 129 Å². The minimum Gasteiger partial charge on any atom is -0.497 e. The fourth-order valence-corrected chi connectivity index (χ4v) is 2.45. The summed E-state index contributed by atoms with van der Waals surface area (Å²) in [5.74, 6) is 0.701. The molecular formula is C18H18N2O2. The Hall–Kier alpha value is -2.75. The number of ether oxygens (including phenoxy) is 1. The summed E-state index contributed by atoms with van der Waals surface area (Å²) >= 11 is 0. The number of nitrogens with zero attached hydrogens (tertiary/aromatic N) is 1. The van der Waals surface area contributed by atoms with Crippen molar-refractivity contribution >= 4 is 11.4 Å². The molecule has 0 aliphatic carbocycles. The first-order valence-electron chi connectivity index (χ1n) is 7.19. The van der Waals surface area contributed by atoms with Crippen molar-refractivity contribution in [2.24, 2.45) is 0 Å². The second-order valence-corrected chi connectivity index (χ2v) is 5.23. The topological polar surface area (TPSA) is 42.7 Å². The molecule has 0 aliphatic rings. The van der Waals surface area contributed by atoms with Crippen molar-refractivity contribution in [1.82, 2.24) is 9.72 Å². The number of benzene rings is 1. The summed E-state index contributed by atoms with van der Waals surface area (Å²) in [6, 6.07) is 15.4. The maximum Gasteiger partial charge on any atom is 0.253 e. The van der Waals surface area contributed by atoms with Gasteiger partial charge >= 0.3 is 0 Å². The SMILES string of the molecule is COc1cccc(C(C)NC(=O)c2cc3ccccn3c2)c1. The molecule has 0 bridgehead atoms. The predicted octanol–water partition coefficient (Wildman–Crippen LogP) is 3.44. The van der Waals surface area contributed by atoms with Crippen LogP contribution in [0.5, 0.6) is 5.75 Å². The van der Waals surface area contributed by atoms with Crippen LogP contribution in [0.2, 0.25) is 0 Å². The average Bonchev–Trinajstić information content (AvgIpc) is 2.99. The van der Waals surface area contributed by atoms with E-state index in [1.165, 1.54) is 0 Å². The molecule has 1 aromatic carbocycles. The minimum atomic E-state index is -0.0920. The fourth-order valence-electron chi connectivity index (χ4n) is 2.45. The number of hydrogen-bond acceptors (Lipinski definition) is 2. The number of aromatic nitrogens is 1. The monoisotopic (exact) mass is 294 g/mol. The summed E-state index contributed by atoms with van der Waals surface area (Å²) in [4.78, 5) is 12.4. The van der Waals surface area contributed by atoms with Crippen LogP contribution >= 0.6 is 0 Å². The molecule has 1 amide bonds. The van der Waals surface area contributed by atoms with Gasteiger partial charge in [-0.1, -0.05) is 18.2 Å². The molecule has 2 heterocycles. The highest BCUT2D eigenvalue weighted by atomic mass is 16.5. The van der Waals surface area contributed by atoms with E-state index in [-0.39, 0.29) is 11.9 Å². The number of fused-ring (bicyclic) bond motifs is 1. The Morgan fingerprint density at radius 2 is 2.05 bits per heavy atom. The van der Waals surface area contributed by atoms with Gasteiger partial charge in [0.2, 0.25) is 0 Å². The van der Waals surface area contributed by atoms with Crippen molar-refractivity contribution in [3.8, 4) is 5.75 Å². The molecule has 1 atom stereocenters. The summed E-state index contributed by atoms with van der Waals surface area (Å²) in [5, 5.41) is 3.02. The van der Waals surface area contributed by atoms with Crippen LogP contribution < -0.4 is 10.1 Å². The molecule has 22 heavy (non-hydrogen) atoms. The van der Waals surface area contributed by atoms with Gasteiger partial charge in [0.25, 0.3) is 5.91 Å². The number of methoxy groups -OCH3 is 1. The van der Waals surface area contributed by atoms with E-state index in [9.17, 15) is 4.79 Å². The molecule has 0 aliphatic heterocycles. The lowest BCUT2D eigenvalue weighted by molar-refractivity contribution is 0.0940. The van der Waals surface area contributed by atoms with Gasteiger partial charge in [0, 0.05) is 17.9 Å². The lowest BCUT2D eigenvalue weighted by Gasteiger charge is -2.14. The lowest BCUT2D eigenvalue weighted by Crippen LogP contribution is -2.26. The van der Waals surface area contributed by atoms with Gasteiger partial charge in [-0.3, -0.25) is 4.79 Å². The third-order valence-electron chi connectivity index (χ3n) is 3.71. The molecule has 0 fully saturated rings. The van der Waals surface area contributed by atoms with Crippen LogP contribution in [0.15, 0.2) is 60.9 Å². The first-order valence-corrected chi connectivity index (χ1v) is 7.19. The lowest BCUT2D eigenvalue weighted by atomic mass is 10.1. The molecule has 2 aromatic heterocycles. The normalized spacial score (nSPS) is 12.1. The number of rotatable bonds is 4. The van der Waals surface area contributed by atoms with E-state index in [0.29, 0.717) is 5.56 Å². The Morgan fingerprint density at radius 3 is 2.82 bits per heavy atom. The number of nitrogens with one attached hydrogen (secondary N) is 1. The number of pyridine rings is 1. The maximum atomic E-state index is 12.4. The average molecular weight is 294 g/mol. The molecule has 112 valence electrons. The van der Waals surface area contributed by atoms with E-state index >= 15 is 0 Å². The number of amides is 1. The van der Waals surface area contributed by atoms with Gasteiger partial charge in [0.1, 0.15) is 5.75 Å². The summed E-state index contributed by atoms with van der Waals surface area (Å²) in [5.41, 5.74) is 2.67. The van der Waals surface area contributed by atoms with E-state index in [4.69, 9.17) is 4.74 Å². The van der Waals surface area contributed by atoms with Gasteiger partial charge in [-0.15, -0.1) is 0 Å². The van der Waals surface area contributed by atoms with Crippen molar-refractivity contribution in [2.75, 3.05) is 7.11 Å². The van der Waals surface area contributed by atoms with Gasteiger partial charge < -0.3 is 14.5 Å². The molecule has 3 aromatic rings. The molecule has 4 heteroatoms. The third kappa shape index (κ3) is 2.81. The molecule has 1 N–H and O–H groups in total. The zero-order valence-electron chi connectivity index (χ0n) is 12.6. The smallest absolute Gasteiger partial charge is 0.253 e. The molecule has 0 saturated heterocycles. The number of carbonyl (C=O) groups is 1. The molecule has 1 unspecified atom stereocenters. The summed E-state index contributed by atoms with van der Waals surface area (Å²) < 4.78 is 7.15. The second kappa shape index (κ2) is 5.93. The van der Waals surface area contributed by atoms with E-state index in [2.05, 4.69) is 5.32 Å². The van der Waals surface area contributed by atoms with Gasteiger partial charge in [-0.05, 0) is 42.8 Å². The second-order valence-electron chi connectivity index (χ2n) is 5.23. The van der Waals surface area contributed by atoms with Crippen LogP contribution in [0.4, 0.5) is 0 Å². The summed E-state index contributed by atoms with van der Waals surface area (Å²) in [6.07, 6.45) is 3.76. The minimum absolute atomic E-state index is 0.0842. The van der Waals surface area contributed by atoms with E-state index in [0.717, 1.165) is 16.8 Å². The number of carbonyl (C=O) groups excluding carboxylic acids is 1. The van der Waals surface area contributed by atoms with Crippen LogP contribution in [-0.2, 0) is 0 Å². The third-order valence-corrected chi connectivity index (χ3v) is 3.71. The zero-order valence-corrected chi connectivity index (χ0v) is 12.6. The first kappa shape index (κ1) is 14.2. The molecule has 0 radical (unpaired) electrons. The number of hydrogen-bond donors (Lipinski definition) is 1. The van der Waals surface area contributed by atoms with Crippen molar-refractivity contribution < 1.29 is 9.53 Å². The molecular weight excluding hydrogens is 276 g/mol. The van der Waals surface area contributed by atoms with Crippen molar-refractivity contribution in [3.05, 3.63) is 72.1 Å². The first-order chi connectivity index (χ1) is 10.7. The van der Waals surface area contributed by atoms with Gasteiger partial charge in [-0.2, -0.15) is 0 Å². The zero-order chi connectivity index (χ0) is 15.5. The van der Waals surface area contributed by atoms with Gasteiger partial charge in [0.15, 0.2) is 0 Å². The van der Waals surface area contributed by atoms with E-state index < -0.39 is 0 Å². The Morgan fingerprint density at radius 1 is 1.18 bits per heavy atom. The highest BCUT2D eigenvalue weighted by molar-refractivity contribution is 5.95. The Kier molecular flexibility index (Phi) is 3.83. The largest absolute Gasteiger partial charge is 0.497 e. The maximum absolute atomic E-state index is 12.4. The van der Waals surface area contributed by atoms with Crippen LogP contribution in [-0.4, -0.2) is 17.4 Å². The Balaban J connectivity index is 1.77. The van der Waals surface area contributed by atoms with Crippen molar-refractivity contribution in [3.63, 3.8) is 0 Å². The summed E-state index contributed by atoms with van der Waals surface area (Å²) in [7, 11) is 1.63. The molecule has 0 saturated carbocycles. The van der Waals surface area contributed by atoms with E-state index in [1.807, 2.05) is 72.2 Å². The molecule has 3 rings (SSSR count). The quantitative estimate of drug-likeness (QED) is 0.801. The van der Waals surface area contributed by atoms with Gasteiger partial charge in [0.05, 0.1) is 18.7 Å². The van der Waals surface area contributed by atoms with Gasteiger partial charge in [-0.25, -0.2) is 0 Å². The molecule has 0 spiro atoms.